The lowest BCUT2D eigenvalue weighted by molar-refractivity contribution is -0.118. The van der Waals surface area contributed by atoms with Crippen LogP contribution >= 0.6 is 11.3 Å². The summed E-state index contributed by atoms with van der Waals surface area (Å²) >= 11 is 1.53. The van der Waals surface area contributed by atoms with Crippen molar-refractivity contribution in [2.45, 2.75) is 18.9 Å². The highest BCUT2D eigenvalue weighted by Gasteiger charge is 2.33. The first kappa shape index (κ1) is 14.9. The van der Waals surface area contributed by atoms with Gasteiger partial charge in [0.1, 0.15) is 6.04 Å². The molecule has 3 heterocycles. The van der Waals surface area contributed by atoms with Gasteiger partial charge in [0.15, 0.2) is 17.5 Å². The summed E-state index contributed by atoms with van der Waals surface area (Å²) in [5.74, 6) is 0.220. The highest BCUT2D eigenvalue weighted by atomic mass is 32.1. The number of rotatable bonds is 3. The van der Waals surface area contributed by atoms with Gasteiger partial charge < -0.3 is 20.3 Å². The van der Waals surface area contributed by atoms with Crippen LogP contribution in [0.25, 0.3) is 0 Å². The molecular weight excluding hydrogens is 328 g/mol. The molecule has 0 spiro atoms. The number of nitrogens with one attached hydrogen (secondary N) is 2. The monoisotopic (exact) mass is 344 g/mol. The number of ether oxygens (including phenoxy) is 1. The maximum absolute atomic E-state index is 12.8. The summed E-state index contributed by atoms with van der Waals surface area (Å²) in [5.41, 5.74) is 1.15. The molecule has 1 aromatic heterocycles. The van der Waals surface area contributed by atoms with Crippen LogP contribution in [0.3, 0.4) is 0 Å². The van der Waals surface area contributed by atoms with Gasteiger partial charge in [0.2, 0.25) is 5.91 Å². The van der Waals surface area contributed by atoms with E-state index in [0.29, 0.717) is 17.1 Å². The zero-order valence-corrected chi connectivity index (χ0v) is 13.6. The minimum atomic E-state index is -0.245. The standard InChI is InChI=1S/C16H16N4O3S/c21-13-9-23-14-10(18-13)3-1-4-11(14)19-15(22)12-5-2-7-20(12)16-17-6-8-24-16/h1,3-4,6,8,12H,2,5,7,9H2,(H,18,21)(H,19,22). The van der Waals surface area contributed by atoms with Gasteiger partial charge >= 0.3 is 0 Å². The molecule has 1 saturated heterocycles. The van der Waals surface area contributed by atoms with Crippen molar-refractivity contribution < 1.29 is 14.3 Å². The van der Waals surface area contributed by atoms with E-state index in [1.165, 1.54) is 11.3 Å². The molecule has 0 bridgehead atoms. The maximum atomic E-state index is 12.8. The van der Waals surface area contributed by atoms with Crippen molar-refractivity contribution in [1.82, 2.24) is 4.98 Å². The second-order valence-corrected chi connectivity index (χ2v) is 6.55. The molecule has 8 heteroatoms. The molecular formula is C16H16N4O3S. The Morgan fingerprint density at radius 2 is 2.38 bits per heavy atom. The Hall–Kier alpha value is -2.61. The molecule has 1 fully saturated rings. The Balaban J connectivity index is 1.54. The normalized spacial score (nSPS) is 19.4. The number of thiazole rings is 1. The molecule has 0 saturated carbocycles. The number of nitrogens with zero attached hydrogens (tertiary/aromatic N) is 2. The van der Waals surface area contributed by atoms with Crippen LogP contribution in [0.15, 0.2) is 29.8 Å². The molecule has 1 unspecified atom stereocenters. The van der Waals surface area contributed by atoms with E-state index in [0.717, 1.165) is 24.5 Å². The van der Waals surface area contributed by atoms with Gasteiger partial charge in [-0.05, 0) is 25.0 Å². The van der Waals surface area contributed by atoms with Crippen LogP contribution in [0.1, 0.15) is 12.8 Å². The van der Waals surface area contributed by atoms with Crippen molar-refractivity contribution >= 4 is 39.7 Å². The number of hydrogen-bond donors (Lipinski definition) is 2. The minimum Gasteiger partial charge on any atom is -0.479 e. The van der Waals surface area contributed by atoms with Gasteiger partial charge in [-0.2, -0.15) is 0 Å². The number of amides is 2. The lowest BCUT2D eigenvalue weighted by Gasteiger charge is -2.25. The lowest BCUT2D eigenvalue weighted by atomic mass is 10.2. The van der Waals surface area contributed by atoms with E-state index < -0.39 is 0 Å². The number of hydrogen-bond acceptors (Lipinski definition) is 6. The topological polar surface area (TPSA) is 83.6 Å². The van der Waals surface area contributed by atoms with Gasteiger partial charge in [-0.1, -0.05) is 6.07 Å². The molecule has 2 amide bonds. The average molecular weight is 344 g/mol. The first-order valence-electron chi connectivity index (χ1n) is 7.75. The van der Waals surface area contributed by atoms with Gasteiger partial charge in [-0.3, -0.25) is 9.59 Å². The highest BCUT2D eigenvalue weighted by Crippen LogP contribution is 2.36. The Bertz CT molecular complexity index is 778. The second-order valence-electron chi connectivity index (χ2n) is 5.67. The van der Waals surface area contributed by atoms with Crippen LogP contribution in [-0.2, 0) is 9.59 Å². The number of carbonyl (C=O) groups is 2. The maximum Gasteiger partial charge on any atom is 0.262 e. The molecule has 7 nitrogen and oxygen atoms in total. The third-order valence-corrected chi connectivity index (χ3v) is 4.92. The molecule has 1 aromatic carbocycles. The molecule has 2 N–H and O–H groups in total. The summed E-state index contributed by atoms with van der Waals surface area (Å²) in [6, 6.07) is 5.05. The van der Waals surface area contributed by atoms with E-state index >= 15 is 0 Å². The van der Waals surface area contributed by atoms with E-state index in [1.807, 2.05) is 10.3 Å². The quantitative estimate of drug-likeness (QED) is 0.891. The number of benzene rings is 1. The van der Waals surface area contributed by atoms with Crippen LogP contribution in [0.4, 0.5) is 16.5 Å². The zero-order chi connectivity index (χ0) is 16.5. The first-order valence-corrected chi connectivity index (χ1v) is 8.63. The van der Waals surface area contributed by atoms with Gasteiger partial charge in [0.25, 0.3) is 5.91 Å². The molecule has 0 radical (unpaired) electrons. The summed E-state index contributed by atoms with van der Waals surface area (Å²) in [6.45, 7) is 0.777. The molecule has 2 aliphatic rings. The van der Waals surface area contributed by atoms with Crippen LogP contribution in [0, 0.1) is 0 Å². The van der Waals surface area contributed by atoms with E-state index in [-0.39, 0.29) is 24.5 Å². The fourth-order valence-corrected chi connectivity index (χ4v) is 3.77. The molecule has 4 rings (SSSR count). The van der Waals surface area contributed by atoms with Crippen molar-refractivity contribution in [3.8, 4) is 5.75 Å². The number of para-hydroxylation sites is 1. The number of carbonyl (C=O) groups excluding carboxylic acids is 2. The third kappa shape index (κ3) is 2.69. The van der Waals surface area contributed by atoms with Crippen molar-refractivity contribution in [2.24, 2.45) is 0 Å². The summed E-state index contributed by atoms with van der Waals surface area (Å²) in [4.78, 5) is 30.5. The fraction of sp³-hybridized carbons (Fsp3) is 0.312. The van der Waals surface area contributed by atoms with Gasteiger partial charge in [-0.15, -0.1) is 11.3 Å². The zero-order valence-electron chi connectivity index (χ0n) is 12.8. The minimum absolute atomic E-state index is 0.0471. The van der Waals surface area contributed by atoms with Gasteiger partial charge in [-0.25, -0.2) is 4.98 Å². The Morgan fingerprint density at radius 1 is 1.46 bits per heavy atom. The smallest absolute Gasteiger partial charge is 0.262 e. The predicted octanol–water partition coefficient (Wildman–Crippen LogP) is 2.08. The van der Waals surface area contributed by atoms with Crippen LogP contribution < -0.4 is 20.3 Å². The number of anilines is 3. The SMILES string of the molecule is O=C1COc2c(cccc2NC(=O)C2CCCN2c2nccs2)N1. The summed E-state index contributed by atoms with van der Waals surface area (Å²) in [5, 5.41) is 8.46. The van der Waals surface area contributed by atoms with Gasteiger partial charge in [0.05, 0.1) is 11.4 Å². The number of fused-ring (bicyclic) bond motifs is 1. The Labute approximate surface area is 142 Å². The molecule has 2 aliphatic heterocycles. The van der Waals surface area contributed by atoms with Crippen LogP contribution in [0.2, 0.25) is 0 Å². The van der Waals surface area contributed by atoms with E-state index in [9.17, 15) is 9.59 Å². The van der Waals surface area contributed by atoms with Crippen molar-refractivity contribution in [3.05, 3.63) is 29.8 Å². The van der Waals surface area contributed by atoms with E-state index in [4.69, 9.17) is 4.74 Å². The second kappa shape index (κ2) is 6.12. The van der Waals surface area contributed by atoms with Crippen molar-refractivity contribution in [2.75, 3.05) is 28.7 Å². The highest BCUT2D eigenvalue weighted by molar-refractivity contribution is 7.13. The first-order chi connectivity index (χ1) is 11.7. The molecule has 124 valence electrons. The molecule has 24 heavy (non-hydrogen) atoms. The third-order valence-electron chi connectivity index (χ3n) is 4.12. The van der Waals surface area contributed by atoms with Crippen molar-refractivity contribution in [3.63, 3.8) is 0 Å². The van der Waals surface area contributed by atoms with Crippen molar-refractivity contribution in [1.29, 1.82) is 0 Å². The molecule has 1 atom stereocenters. The Morgan fingerprint density at radius 3 is 3.21 bits per heavy atom. The predicted molar refractivity (Wildman–Crippen MR) is 91.7 cm³/mol. The summed E-state index contributed by atoms with van der Waals surface area (Å²) in [6.07, 6.45) is 3.49. The Kier molecular flexibility index (Phi) is 3.81. The average Bonchev–Trinajstić information content (AvgIpc) is 3.25. The summed E-state index contributed by atoms with van der Waals surface area (Å²) in [7, 11) is 0. The lowest BCUT2D eigenvalue weighted by Crippen LogP contribution is -2.39. The van der Waals surface area contributed by atoms with E-state index in [2.05, 4.69) is 15.6 Å². The van der Waals surface area contributed by atoms with Gasteiger partial charge in [0, 0.05) is 18.1 Å². The number of aromatic nitrogens is 1. The largest absolute Gasteiger partial charge is 0.479 e. The molecule has 0 aliphatic carbocycles. The van der Waals surface area contributed by atoms with E-state index in [1.54, 1.807) is 24.4 Å². The fourth-order valence-electron chi connectivity index (χ4n) is 3.06. The van der Waals surface area contributed by atoms with Crippen LogP contribution in [-0.4, -0.2) is 36.0 Å². The van der Waals surface area contributed by atoms with Crippen LogP contribution in [0.5, 0.6) is 5.75 Å². The molecule has 2 aromatic rings. The summed E-state index contributed by atoms with van der Waals surface area (Å²) < 4.78 is 5.48.